The minimum Gasteiger partial charge on any atom is -0.497 e. The Bertz CT molecular complexity index is 2140. The molecular weight excluding hydrogens is 629 g/mol. The SMILES string of the molecule is COc1cccc(/C=c2/s/c(=C(\C#N)C(=O)Nc3cccc(S(=O)(=O)N4CCCCC4)c3)n(Cc3ccc4c(c3)OCO4)c2=O)c1. The number of thiazole rings is 1. The Morgan fingerprint density at radius 1 is 1.04 bits per heavy atom. The van der Waals surface area contributed by atoms with E-state index in [1.54, 1.807) is 61.7 Å². The first-order valence-electron chi connectivity index (χ1n) is 14.6. The van der Waals surface area contributed by atoms with E-state index in [-0.39, 0.29) is 34.2 Å². The predicted octanol–water partition coefficient (Wildman–Crippen LogP) is 3.01. The van der Waals surface area contributed by atoms with Crippen LogP contribution in [-0.2, 0) is 21.4 Å². The first-order valence-corrected chi connectivity index (χ1v) is 16.8. The van der Waals surface area contributed by atoms with Gasteiger partial charge in [0.25, 0.3) is 11.5 Å². The van der Waals surface area contributed by atoms with Gasteiger partial charge in [-0.05, 0) is 72.5 Å². The molecule has 13 heteroatoms. The van der Waals surface area contributed by atoms with Gasteiger partial charge in [-0.1, -0.05) is 30.7 Å². The van der Waals surface area contributed by atoms with Crippen molar-refractivity contribution in [1.29, 1.82) is 5.26 Å². The van der Waals surface area contributed by atoms with Crippen LogP contribution in [0.15, 0.2) is 76.4 Å². The number of carbonyl (C=O) groups excluding carboxylic acids is 1. The second-order valence-corrected chi connectivity index (χ2v) is 13.7. The van der Waals surface area contributed by atoms with Crippen LogP contribution in [0.4, 0.5) is 5.69 Å². The van der Waals surface area contributed by atoms with Gasteiger partial charge in [-0.2, -0.15) is 9.57 Å². The Morgan fingerprint density at radius 2 is 1.83 bits per heavy atom. The summed E-state index contributed by atoms with van der Waals surface area (Å²) in [6.07, 6.45) is 4.25. The van der Waals surface area contributed by atoms with E-state index in [9.17, 15) is 23.3 Å². The van der Waals surface area contributed by atoms with Crippen LogP contribution in [0, 0.1) is 11.3 Å². The predicted molar refractivity (Wildman–Crippen MR) is 173 cm³/mol. The molecule has 0 atom stereocenters. The third-order valence-corrected chi connectivity index (χ3v) is 10.7. The van der Waals surface area contributed by atoms with Crippen LogP contribution in [0.5, 0.6) is 17.2 Å². The molecule has 46 heavy (non-hydrogen) atoms. The highest BCUT2D eigenvalue weighted by Crippen LogP contribution is 2.32. The molecule has 4 aromatic rings. The largest absolute Gasteiger partial charge is 0.497 e. The van der Waals surface area contributed by atoms with Crippen molar-refractivity contribution in [2.45, 2.75) is 30.7 Å². The molecule has 3 aromatic carbocycles. The van der Waals surface area contributed by atoms with E-state index in [1.807, 2.05) is 12.1 Å². The molecule has 0 bridgehead atoms. The van der Waals surface area contributed by atoms with Crippen molar-refractivity contribution in [3.8, 4) is 23.3 Å². The van der Waals surface area contributed by atoms with Crippen LogP contribution < -0.4 is 34.3 Å². The molecule has 0 aliphatic carbocycles. The van der Waals surface area contributed by atoms with E-state index < -0.39 is 21.5 Å². The van der Waals surface area contributed by atoms with Crippen molar-refractivity contribution in [2.24, 2.45) is 0 Å². The average Bonchev–Trinajstić information content (AvgIpc) is 3.66. The lowest BCUT2D eigenvalue weighted by atomic mass is 10.2. The van der Waals surface area contributed by atoms with Crippen molar-refractivity contribution in [3.05, 3.63) is 97.4 Å². The smallest absolute Gasteiger partial charge is 0.269 e. The second kappa shape index (κ2) is 13.2. The molecule has 3 heterocycles. The van der Waals surface area contributed by atoms with E-state index in [0.29, 0.717) is 46.0 Å². The summed E-state index contributed by atoms with van der Waals surface area (Å²) in [5, 5.41) is 12.9. The zero-order valence-corrected chi connectivity index (χ0v) is 26.5. The molecule has 6 rings (SSSR count). The summed E-state index contributed by atoms with van der Waals surface area (Å²) in [5.41, 5.74) is 0.925. The van der Waals surface area contributed by atoms with Crippen molar-refractivity contribution in [3.63, 3.8) is 0 Å². The van der Waals surface area contributed by atoms with Gasteiger partial charge in [0.05, 0.1) is 23.1 Å². The Hall–Kier alpha value is -4.90. The van der Waals surface area contributed by atoms with Gasteiger partial charge in [0.2, 0.25) is 16.8 Å². The fraction of sp³-hybridized carbons (Fsp3) is 0.242. The number of anilines is 1. The zero-order valence-electron chi connectivity index (χ0n) is 24.9. The van der Waals surface area contributed by atoms with Crippen LogP contribution in [0.2, 0.25) is 0 Å². The highest BCUT2D eigenvalue weighted by atomic mass is 32.2. The van der Waals surface area contributed by atoms with E-state index >= 15 is 0 Å². The summed E-state index contributed by atoms with van der Waals surface area (Å²) in [7, 11) is -2.20. The maximum atomic E-state index is 13.8. The van der Waals surface area contributed by atoms with E-state index in [0.717, 1.165) is 30.6 Å². The van der Waals surface area contributed by atoms with Gasteiger partial charge in [0.1, 0.15) is 16.5 Å². The van der Waals surface area contributed by atoms with Crippen LogP contribution in [0.1, 0.15) is 30.4 Å². The summed E-state index contributed by atoms with van der Waals surface area (Å²) < 4.78 is 46.0. The second-order valence-electron chi connectivity index (χ2n) is 10.7. The van der Waals surface area contributed by atoms with Gasteiger partial charge in [0.15, 0.2) is 17.1 Å². The summed E-state index contributed by atoms with van der Waals surface area (Å²) in [6, 6.07) is 20.4. The number of hydrogen-bond donors (Lipinski definition) is 1. The van der Waals surface area contributed by atoms with Crippen LogP contribution in [-0.4, -0.2) is 50.2 Å². The Balaban J connectivity index is 1.41. The molecule has 1 amide bonds. The number of nitriles is 1. The van der Waals surface area contributed by atoms with Gasteiger partial charge in [0, 0.05) is 18.8 Å². The molecule has 0 radical (unpaired) electrons. The van der Waals surface area contributed by atoms with E-state index in [1.165, 1.54) is 21.0 Å². The highest BCUT2D eigenvalue weighted by molar-refractivity contribution is 7.89. The number of aromatic nitrogens is 1. The van der Waals surface area contributed by atoms with Crippen molar-refractivity contribution in [2.75, 3.05) is 32.3 Å². The lowest BCUT2D eigenvalue weighted by Gasteiger charge is -2.26. The number of benzene rings is 3. The van der Waals surface area contributed by atoms with Crippen LogP contribution in [0.25, 0.3) is 11.6 Å². The van der Waals surface area contributed by atoms with Crippen molar-refractivity contribution < 1.29 is 27.4 Å². The number of carbonyl (C=O) groups is 1. The Kier molecular flexibility index (Phi) is 8.94. The summed E-state index contributed by atoms with van der Waals surface area (Å²) in [6.45, 7) is 1.03. The molecule has 236 valence electrons. The first-order chi connectivity index (χ1) is 22.3. The fourth-order valence-corrected chi connectivity index (χ4v) is 7.99. The van der Waals surface area contributed by atoms with Crippen LogP contribution in [0.3, 0.4) is 0 Å². The molecule has 2 aliphatic heterocycles. The minimum atomic E-state index is -3.75. The number of ether oxygens (including phenoxy) is 3. The molecule has 1 N–H and O–H groups in total. The van der Waals surface area contributed by atoms with Gasteiger partial charge in [-0.25, -0.2) is 8.42 Å². The topological polar surface area (TPSA) is 140 Å². The maximum Gasteiger partial charge on any atom is 0.269 e. The number of rotatable bonds is 8. The maximum absolute atomic E-state index is 13.8. The Morgan fingerprint density at radius 3 is 2.61 bits per heavy atom. The molecule has 1 aromatic heterocycles. The van der Waals surface area contributed by atoms with Gasteiger partial charge >= 0.3 is 0 Å². The molecule has 0 saturated carbocycles. The number of sulfonamides is 1. The van der Waals surface area contributed by atoms with Crippen molar-refractivity contribution >= 4 is 44.6 Å². The van der Waals surface area contributed by atoms with Gasteiger partial charge in [-0.3, -0.25) is 14.2 Å². The number of piperidine rings is 1. The molecule has 0 spiro atoms. The summed E-state index contributed by atoms with van der Waals surface area (Å²) in [4.78, 5) is 27.5. The first kappa shape index (κ1) is 31.1. The van der Waals surface area contributed by atoms with Gasteiger partial charge < -0.3 is 19.5 Å². The number of fused-ring (bicyclic) bond motifs is 1. The fourth-order valence-electron chi connectivity index (χ4n) is 5.33. The lowest BCUT2D eigenvalue weighted by molar-refractivity contribution is -0.111. The number of nitrogens with one attached hydrogen (secondary N) is 1. The normalized spacial score (nSPS) is 15.7. The molecule has 1 saturated heterocycles. The number of hydrogen-bond acceptors (Lipinski definition) is 9. The van der Waals surface area contributed by atoms with Crippen molar-refractivity contribution in [1.82, 2.24) is 8.87 Å². The highest BCUT2D eigenvalue weighted by Gasteiger charge is 2.26. The molecule has 0 unspecified atom stereocenters. The minimum absolute atomic E-state index is 0.0509. The summed E-state index contributed by atoms with van der Waals surface area (Å²) >= 11 is 1.01. The zero-order chi connectivity index (χ0) is 32.3. The third kappa shape index (κ3) is 6.41. The average molecular weight is 659 g/mol. The van der Waals surface area contributed by atoms with Gasteiger partial charge in [-0.15, -0.1) is 11.3 Å². The standard InChI is InChI=1S/C33H30N4O7S2/c1-42-25-9-5-7-22(15-25)17-30-32(39)37(20-23-11-12-28-29(16-23)44-21-43-28)33(45-30)27(19-34)31(38)35-24-8-6-10-26(18-24)46(40,41)36-13-3-2-4-14-36/h5-12,15-18H,2-4,13-14,20-21H2,1H3,(H,35,38)/b30-17+,33-27+. The van der Waals surface area contributed by atoms with E-state index in [4.69, 9.17) is 14.2 Å². The molecular formula is C33H30N4O7S2. The molecule has 1 fully saturated rings. The molecule has 2 aliphatic rings. The third-order valence-electron chi connectivity index (χ3n) is 7.67. The number of amides is 1. The quantitative estimate of drug-likeness (QED) is 0.305. The van der Waals surface area contributed by atoms with Crippen LogP contribution >= 0.6 is 11.3 Å². The summed E-state index contributed by atoms with van der Waals surface area (Å²) in [5.74, 6) is 0.956. The molecule has 11 nitrogen and oxygen atoms in total. The monoisotopic (exact) mass is 658 g/mol. The Labute approximate surface area is 269 Å². The lowest BCUT2D eigenvalue weighted by Crippen LogP contribution is -2.35. The van der Waals surface area contributed by atoms with E-state index in [2.05, 4.69) is 5.32 Å². The number of nitrogens with zero attached hydrogens (tertiary/aromatic N) is 3. The number of methoxy groups -OCH3 is 1.